The van der Waals surface area contributed by atoms with E-state index in [4.69, 9.17) is 4.74 Å². The van der Waals surface area contributed by atoms with Crippen molar-refractivity contribution in [3.63, 3.8) is 0 Å². The maximum Gasteiger partial charge on any atom is 0.259 e. The Kier molecular flexibility index (Phi) is 2.28. The van der Waals surface area contributed by atoms with Crippen molar-refractivity contribution in [3.05, 3.63) is 42.4 Å². The minimum atomic E-state index is -0.610. The molecule has 1 aromatic heterocycles. The van der Waals surface area contributed by atoms with E-state index in [9.17, 15) is 4.79 Å². The van der Waals surface area contributed by atoms with Gasteiger partial charge in [-0.25, -0.2) is 0 Å². The monoisotopic (exact) mass is 190 g/mol. The number of carbonyl (C=O) groups excluding carboxylic acids is 1. The van der Waals surface area contributed by atoms with Crippen LogP contribution in [0.4, 0.5) is 0 Å². The van der Waals surface area contributed by atoms with Crippen molar-refractivity contribution in [2.24, 2.45) is 0 Å². The molecular formula is C10H10N2O2. The van der Waals surface area contributed by atoms with E-state index >= 15 is 0 Å². The van der Waals surface area contributed by atoms with Crippen molar-refractivity contribution in [1.82, 2.24) is 10.3 Å². The molecule has 4 heteroatoms. The molecule has 1 unspecified atom stereocenters. The molecule has 2 heterocycles. The van der Waals surface area contributed by atoms with Crippen molar-refractivity contribution in [3.8, 4) is 0 Å². The molecule has 14 heavy (non-hydrogen) atoms. The maximum atomic E-state index is 11.5. The number of ether oxygens (including phenoxy) is 1. The number of rotatable bonds is 1. The topological polar surface area (TPSA) is 51.2 Å². The number of aromatic nitrogens is 1. The number of morpholine rings is 1. The molecule has 1 N–H and O–H groups in total. The molecule has 0 radical (unpaired) electrons. The van der Waals surface area contributed by atoms with Gasteiger partial charge in [0.05, 0.1) is 12.3 Å². The van der Waals surface area contributed by atoms with Crippen LogP contribution in [0.2, 0.25) is 0 Å². The van der Waals surface area contributed by atoms with Crippen molar-refractivity contribution in [2.75, 3.05) is 6.61 Å². The van der Waals surface area contributed by atoms with Crippen molar-refractivity contribution in [1.29, 1.82) is 0 Å². The van der Waals surface area contributed by atoms with Gasteiger partial charge in [0.15, 0.2) is 6.10 Å². The molecule has 1 aliphatic rings. The van der Waals surface area contributed by atoms with Crippen molar-refractivity contribution < 1.29 is 9.53 Å². The van der Waals surface area contributed by atoms with Gasteiger partial charge in [-0.15, -0.1) is 0 Å². The molecule has 1 aromatic rings. The lowest BCUT2D eigenvalue weighted by molar-refractivity contribution is -0.135. The first-order chi connectivity index (χ1) is 6.77. The van der Waals surface area contributed by atoms with Crippen LogP contribution in [0.25, 0.3) is 0 Å². The molecule has 1 atom stereocenters. The van der Waals surface area contributed by atoms with Crippen molar-refractivity contribution in [2.45, 2.75) is 6.10 Å². The van der Waals surface area contributed by atoms with E-state index in [1.807, 2.05) is 6.07 Å². The van der Waals surface area contributed by atoms with Gasteiger partial charge in [0.2, 0.25) is 0 Å². The smallest absolute Gasteiger partial charge is 0.259 e. The van der Waals surface area contributed by atoms with Crippen LogP contribution in [0, 0.1) is 0 Å². The van der Waals surface area contributed by atoms with Gasteiger partial charge in [0, 0.05) is 11.9 Å². The third-order valence-electron chi connectivity index (χ3n) is 1.92. The molecule has 2 rings (SSSR count). The standard InChI is InChI=1S/C10H10N2O2/c1-7-6-14-9(10(13)12-7)8-4-2-3-5-11-8/h2-5,9H,1,6H2,(H,12,13). The van der Waals surface area contributed by atoms with Crippen LogP contribution in [0.1, 0.15) is 11.8 Å². The summed E-state index contributed by atoms with van der Waals surface area (Å²) in [5.41, 5.74) is 1.21. The third kappa shape index (κ3) is 1.65. The Morgan fingerprint density at radius 2 is 2.43 bits per heavy atom. The zero-order valence-corrected chi connectivity index (χ0v) is 7.56. The first kappa shape index (κ1) is 8.90. The second-order valence-electron chi connectivity index (χ2n) is 3.04. The number of hydrogen-bond donors (Lipinski definition) is 1. The number of pyridine rings is 1. The fourth-order valence-corrected chi connectivity index (χ4v) is 1.29. The quantitative estimate of drug-likeness (QED) is 0.712. The summed E-state index contributed by atoms with van der Waals surface area (Å²) < 4.78 is 5.31. The number of nitrogens with one attached hydrogen (secondary N) is 1. The fraction of sp³-hybridized carbons (Fsp3) is 0.200. The molecule has 0 spiro atoms. The van der Waals surface area contributed by atoms with Crippen LogP contribution in [0.15, 0.2) is 36.7 Å². The molecule has 0 aliphatic carbocycles. The Morgan fingerprint density at radius 1 is 1.57 bits per heavy atom. The van der Waals surface area contributed by atoms with E-state index in [2.05, 4.69) is 16.9 Å². The Morgan fingerprint density at radius 3 is 3.07 bits per heavy atom. The number of hydrogen-bond acceptors (Lipinski definition) is 3. The fourth-order valence-electron chi connectivity index (χ4n) is 1.29. The number of amides is 1. The zero-order chi connectivity index (χ0) is 9.97. The first-order valence-corrected chi connectivity index (χ1v) is 4.28. The Labute approximate surface area is 81.6 Å². The van der Waals surface area contributed by atoms with Gasteiger partial charge in [0.25, 0.3) is 5.91 Å². The minimum absolute atomic E-state index is 0.208. The molecule has 1 aliphatic heterocycles. The van der Waals surface area contributed by atoms with Gasteiger partial charge in [-0.05, 0) is 12.1 Å². The number of carbonyl (C=O) groups is 1. The molecule has 4 nitrogen and oxygen atoms in total. The summed E-state index contributed by atoms with van der Waals surface area (Å²) in [6, 6.07) is 5.38. The Balaban J connectivity index is 2.20. The molecule has 72 valence electrons. The average Bonchev–Trinajstić information content (AvgIpc) is 2.19. The van der Waals surface area contributed by atoms with Crippen LogP contribution in [-0.4, -0.2) is 17.5 Å². The van der Waals surface area contributed by atoms with Crippen LogP contribution >= 0.6 is 0 Å². The molecule has 0 saturated carbocycles. The van der Waals surface area contributed by atoms with E-state index in [0.717, 1.165) is 0 Å². The molecule has 1 fully saturated rings. The molecule has 1 saturated heterocycles. The maximum absolute atomic E-state index is 11.5. The second kappa shape index (κ2) is 3.59. The lowest BCUT2D eigenvalue weighted by atomic mass is 10.2. The van der Waals surface area contributed by atoms with Crippen LogP contribution in [0.3, 0.4) is 0 Å². The van der Waals surface area contributed by atoms with Gasteiger partial charge >= 0.3 is 0 Å². The van der Waals surface area contributed by atoms with Gasteiger partial charge in [-0.1, -0.05) is 12.6 Å². The predicted molar refractivity (Wildman–Crippen MR) is 50.2 cm³/mol. The molecule has 1 amide bonds. The summed E-state index contributed by atoms with van der Waals surface area (Å²) in [6.07, 6.45) is 1.02. The summed E-state index contributed by atoms with van der Waals surface area (Å²) in [4.78, 5) is 15.5. The average molecular weight is 190 g/mol. The largest absolute Gasteiger partial charge is 0.356 e. The Bertz CT molecular complexity index is 362. The summed E-state index contributed by atoms with van der Waals surface area (Å²) in [5.74, 6) is -0.208. The summed E-state index contributed by atoms with van der Waals surface area (Å²) in [7, 11) is 0. The van der Waals surface area contributed by atoms with E-state index in [-0.39, 0.29) is 5.91 Å². The highest BCUT2D eigenvalue weighted by Crippen LogP contribution is 2.19. The molecule has 0 bridgehead atoms. The highest BCUT2D eigenvalue weighted by atomic mass is 16.5. The second-order valence-corrected chi connectivity index (χ2v) is 3.04. The Hall–Kier alpha value is -1.68. The van der Waals surface area contributed by atoms with Crippen LogP contribution < -0.4 is 5.32 Å². The van der Waals surface area contributed by atoms with Gasteiger partial charge < -0.3 is 10.1 Å². The first-order valence-electron chi connectivity index (χ1n) is 4.28. The van der Waals surface area contributed by atoms with Crippen molar-refractivity contribution >= 4 is 5.91 Å². The molecule has 0 aromatic carbocycles. The van der Waals surface area contributed by atoms with Crippen LogP contribution in [0.5, 0.6) is 0 Å². The summed E-state index contributed by atoms with van der Waals surface area (Å²) in [5, 5.41) is 2.63. The summed E-state index contributed by atoms with van der Waals surface area (Å²) >= 11 is 0. The third-order valence-corrected chi connectivity index (χ3v) is 1.92. The van der Waals surface area contributed by atoms with E-state index in [1.165, 1.54) is 0 Å². The minimum Gasteiger partial charge on any atom is -0.356 e. The SMILES string of the molecule is C=C1COC(c2ccccn2)C(=O)N1. The predicted octanol–water partition coefficient (Wildman–Crippen LogP) is 0.783. The number of nitrogens with zero attached hydrogens (tertiary/aromatic N) is 1. The van der Waals surface area contributed by atoms with E-state index in [0.29, 0.717) is 18.0 Å². The van der Waals surface area contributed by atoms with E-state index in [1.54, 1.807) is 18.3 Å². The highest BCUT2D eigenvalue weighted by Gasteiger charge is 2.26. The lowest BCUT2D eigenvalue weighted by Crippen LogP contribution is -2.37. The zero-order valence-electron chi connectivity index (χ0n) is 7.56. The summed E-state index contributed by atoms with van der Waals surface area (Å²) in [6.45, 7) is 3.96. The van der Waals surface area contributed by atoms with Gasteiger partial charge in [-0.2, -0.15) is 0 Å². The van der Waals surface area contributed by atoms with Gasteiger partial charge in [-0.3, -0.25) is 9.78 Å². The van der Waals surface area contributed by atoms with E-state index < -0.39 is 6.10 Å². The normalized spacial score (nSPS) is 21.9. The lowest BCUT2D eigenvalue weighted by Gasteiger charge is -2.23. The highest BCUT2D eigenvalue weighted by molar-refractivity contribution is 5.84. The van der Waals surface area contributed by atoms with Crippen LogP contribution in [-0.2, 0) is 9.53 Å². The van der Waals surface area contributed by atoms with Gasteiger partial charge in [0.1, 0.15) is 0 Å². The molecular weight excluding hydrogens is 180 g/mol.